The molecule has 0 aliphatic heterocycles. The van der Waals surface area contributed by atoms with Gasteiger partial charge in [-0.1, -0.05) is 12.1 Å². The molecule has 9 heteroatoms. The molecule has 168 valence electrons. The largest absolute Gasteiger partial charge is 0.506 e. The van der Waals surface area contributed by atoms with Crippen molar-refractivity contribution in [3.05, 3.63) is 96.8 Å². The van der Waals surface area contributed by atoms with E-state index in [1.54, 1.807) is 48.5 Å². The Balaban J connectivity index is 1.55. The summed E-state index contributed by atoms with van der Waals surface area (Å²) < 4.78 is 35.3. The minimum Gasteiger partial charge on any atom is -0.506 e. The third kappa shape index (κ3) is 4.83. The number of hydrogen-bond donors (Lipinski definition) is 3. The number of amides is 1. The molecule has 1 aromatic heterocycles. The van der Waals surface area contributed by atoms with Gasteiger partial charge in [-0.15, -0.1) is 0 Å². The Morgan fingerprint density at radius 3 is 2.30 bits per heavy atom. The summed E-state index contributed by atoms with van der Waals surface area (Å²) in [5.74, 6) is -0.392. The number of aromatic hydroxyl groups is 1. The first kappa shape index (κ1) is 22.0. The predicted molar refractivity (Wildman–Crippen MR) is 126 cm³/mol. The molecule has 3 aromatic carbocycles. The molecule has 4 rings (SSSR count). The Morgan fingerprint density at radius 1 is 0.909 bits per heavy atom. The number of benzene rings is 3. The van der Waals surface area contributed by atoms with Crippen LogP contribution in [0.1, 0.15) is 10.4 Å². The van der Waals surface area contributed by atoms with Gasteiger partial charge in [0.2, 0.25) is 0 Å². The summed E-state index contributed by atoms with van der Waals surface area (Å²) in [7, 11) is -2.57. The van der Waals surface area contributed by atoms with Crippen LogP contribution in [0.2, 0.25) is 0 Å². The summed E-state index contributed by atoms with van der Waals surface area (Å²) in [5.41, 5.74) is 1.47. The van der Waals surface area contributed by atoms with E-state index in [2.05, 4.69) is 10.0 Å². The number of ether oxygens (including phenoxy) is 1. The van der Waals surface area contributed by atoms with Gasteiger partial charge < -0.3 is 19.7 Å². The number of anilines is 2. The minimum atomic E-state index is -4.01. The SMILES string of the molecule is COc1ccccc1NS(=O)(=O)c1ccc(O)c(NC(=O)c2ccc(-n3cccc3)cc2)c1. The van der Waals surface area contributed by atoms with Gasteiger partial charge >= 0.3 is 0 Å². The van der Waals surface area contributed by atoms with Gasteiger partial charge in [0.25, 0.3) is 15.9 Å². The van der Waals surface area contributed by atoms with Crippen molar-refractivity contribution < 1.29 is 23.1 Å². The Bertz CT molecular complexity index is 1380. The van der Waals surface area contributed by atoms with Crippen LogP contribution in [0.4, 0.5) is 11.4 Å². The summed E-state index contributed by atoms with van der Waals surface area (Å²) in [6.07, 6.45) is 3.77. The van der Waals surface area contributed by atoms with Gasteiger partial charge in [0.05, 0.1) is 23.4 Å². The van der Waals surface area contributed by atoms with Crippen LogP contribution in [0.25, 0.3) is 5.69 Å². The fourth-order valence-electron chi connectivity index (χ4n) is 3.20. The van der Waals surface area contributed by atoms with Gasteiger partial charge in [-0.05, 0) is 66.7 Å². The first-order valence-corrected chi connectivity index (χ1v) is 11.4. The Morgan fingerprint density at radius 2 is 1.61 bits per heavy atom. The third-order valence-electron chi connectivity index (χ3n) is 4.91. The second-order valence-corrected chi connectivity index (χ2v) is 8.76. The van der Waals surface area contributed by atoms with E-state index in [9.17, 15) is 18.3 Å². The summed E-state index contributed by atoms with van der Waals surface area (Å²) in [4.78, 5) is 12.6. The summed E-state index contributed by atoms with van der Waals surface area (Å²) >= 11 is 0. The van der Waals surface area contributed by atoms with E-state index in [0.29, 0.717) is 11.3 Å². The number of nitrogens with one attached hydrogen (secondary N) is 2. The Kier molecular flexibility index (Phi) is 6.05. The monoisotopic (exact) mass is 463 g/mol. The molecule has 0 saturated carbocycles. The highest BCUT2D eigenvalue weighted by Gasteiger charge is 2.19. The van der Waals surface area contributed by atoms with Crippen molar-refractivity contribution in [3.8, 4) is 17.2 Å². The molecule has 0 bridgehead atoms. The first-order valence-electron chi connectivity index (χ1n) is 9.91. The Hall–Kier alpha value is -4.24. The first-order chi connectivity index (χ1) is 15.9. The highest BCUT2D eigenvalue weighted by Crippen LogP contribution is 2.30. The maximum absolute atomic E-state index is 12.9. The lowest BCUT2D eigenvalue weighted by Crippen LogP contribution is -2.15. The normalized spacial score (nSPS) is 11.1. The maximum Gasteiger partial charge on any atom is 0.262 e. The van der Waals surface area contributed by atoms with Crippen molar-refractivity contribution in [1.29, 1.82) is 0 Å². The zero-order valence-electron chi connectivity index (χ0n) is 17.6. The molecule has 0 spiro atoms. The molecule has 33 heavy (non-hydrogen) atoms. The van der Waals surface area contributed by atoms with Crippen molar-refractivity contribution in [2.24, 2.45) is 0 Å². The molecule has 0 unspecified atom stereocenters. The van der Waals surface area contributed by atoms with Gasteiger partial charge in [-0.3, -0.25) is 9.52 Å². The van der Waals surface area contributed by atoms with E-state index in [1.165, 1.54) is 25.3 Å². The van der Waals surface area contributed by atoms with Crippen LogP contribution in [-0.2, 0) is 10.0 Å². The number of rotatable bonds is 7. The molecule has 0 atom stereocenters. The zero-order chi connectivity index (χ0) is 23.4. The quantitative estimate of drug-likeness (QED) is 0.355. The minimum absolute atomic E-state index is 0.0302. The number of phenols is 1. The maximum atomic E-state index is 12.9. The molecule has 3 N–H and O–H groups in total. The van der Waals surface area contributed by atoms with Crippen molar-refractivity contribution in [3.63, 3.8) is 0 Å². The summed E-state index contributed by atoms with van der Waals surface area (Å²) in [6.45, 7) is 0. The summed E-state index contributed by atoms with van der Waals surface area (Å²) in [5, 5.41) is 12.8. The molecular formula is C24H21N3O5S. The average molecular weight is 464 g/mol. The van der Waals surface area contributed by atoms with E-state index >= 15 is 0 Å². The highest BCUT2D eigenvalue weighted by atomic mass is 32.2. The number of hydrogen-bond acceptors (Lipinski definition) is 5. The van der Waals surface area contributed by atoms with E-state index in [-0.39, 0.29) is 22.0 Å². The third-order valence-corrected chi connectivity index (χ3v) is 6.27. The van der Waals surface area contributed by atoms with Crippen LogP contribution >= 0.6 is 0 Å². The van der Waals surface area contributed by atoms with Crippen molar-refractivity contribution in [2.75, 3.05) is 17.1 Å². The molecule has 0 aliphatic rings. The molecule has 4 aromatic rings. The smallest absolute Gasteiger partial charge is 0.262 e. The van der Waals surface area contributed by atoms with E-state index < -0.39 is 15.9 Å². The Labute approximate surface area is 191 Å². The predicted octanol–water partition coefficient (Wildman–Crippen LogP) is 4.24. The molecular weight excluding hydrogens is 442 g/mol. The number of carbonyl (C=O) groups is 1. The van der Waals surface area contributed by atoms with Gasteiger partial charge in [0, 0.05) is 23.6 Å². The zero-order valence-corrected chi connectivity index (χ0v) is 18.4. The highest BCUT2D eigenvalue weighted by molar-refractivity contribution is 7.92. The van der Waals surface area contributed by atoms with Crippen molar-refractivity contribution in [2.45, 2.75) is 4.90 Å². The number of carbonyl (C=O) groups excluding carboxylic acids is 1. The molecule has 0 saturated heterocycles. The van der Waals surface area contributed by atoms with Gasteiger partial charge in [0.1, 0.15) is 11.5 Å². The van der Waals surface area contributed by atoms with Crippen LogP contribution in [0.15, 0.2) is 96.2 Å². The topological polar surface area (TPSA) is 110 Å². The van der Waals surface area contributed by atoms with Gasteiger partial charge in [-0.2, -0.15) is 0 Å². The lowest BCUT2D eigenvalue weighted by Gasteiger charge is -2.13. The number of nitrogens with zero attached hydrogens (tertiary/aromatic N) is 1. The molecule has 1 heterocycles. The van der Waals surface area contributed by atoms with E-state index in [4.69, 9.17) is 4.74 Å². The number of phenolic OH excluding ortho intramolecular Hbond substituents is 1. The fourth-order valence-corrected chi connectivity index (χ4v) is 4.30. The second-order valence-electron chi connectivity index (χ2n) is 7.08. The molecule has 0 fully saturated rings. The lowest BCUT2D eigenvalue weighted by molar-refractivity contribution is 0.102. The fraction of sp³-hybridized carbons (Fsp3) is 0.0417. The van der Waals surface area contributed by atoms with Gasteiger partial charge in [-0.25, -0.2) is 8.42 Å². The van der Waals surface area contributed by atoms with Crippen LogP contribution < -0.4 is 14.8 Å². The van der Waals surface area contributed by atoms with E-state index in [1.807, 2.05) is 29.1 Å². The van der Waals surface area contributed by atoms with Crippen molar-refractivity contribution >= 4 is 27.3 Å². The van der Waals surface area contributed by atoms with Crippen LogP contribution in [0.5, 0.6) is 11.5 Å². The van der Waals surface area contributed by atoms with E-state index in [0.717, 1.165) is 5.69 Å². The van der Waals surface area contributed by atoms with Gasteiger partial charge in [0.15, 0.2) is 0 Å². The number of para-hydroxylation sites is 2. The lowest BCUT2D eigenvalue weighted by atomic mass is 10.2. The number of aromatic nitrogens is 1. The van der Waals surface area contributed by atoms with Crippen molar-refractivity contribution in [1.82, 2.24) is 4.57 Å². The average Bonchev–Trinajstić information content (AvgIpc) is 3.35. The van der Waals surface area contributed by atoms with Crippen LogP contribution in [-0.4, -0.2) is 31.1 Å². The second kappa shape index (κ2) is 9.09. The number of methoxy groups -OCH3 is 1. The molecule has 1 amide bonds. The van der Waals surface area contributed by atoms with Crippen LogP contribution in [0, 0.1) is 0 Å². The standard InChI is InChI=1S/C24H21N3O5S/c1-32-23-7-3-2-6-20(23)26-33(30,31)19-12-13-22(28)21(16-19)25-24(29)17-8-10-18(11-9-17)27-14-4-5-15-27/h2-16,26,28H,1H3,(H,25,29). The number of sulfonamides is 1. The summed E-state index contributed by atoms with van der Waals surface area (Å²) in [6, 6.07) is 20.9. The molecule has 0 radical (unpaired) electrons. The molecule has 0 aliphatic carbocycles. The molecule has 8 nitrogen and oxygen atoms in total. The van der Waals surface area contributed by atoms with Crippen LogP contribution in [0.3, 0.4) is 0 Å².